The molecule has 2 fully saturated rings. The summed E-state index contributed by atoms with van der Waals surface area (Å²) in [6.07, 6.45) is 12.1. The Balaban J connectivity index is 1.52. The molecule has 0 spiro atoms. The van der Waals surface area contributed by atoms with Crippen LogP contribution in [0.15, 0.2) is 29.2 Å². The van der Waals surface area contributed by atoms with Gasteiger partial charge in [0.05, 0.1) is 5.69 Å². The average Bonchev–Trinajstić information content (AvgIpc) is 3.41. The van der Waals surface area contributed by atoms with Gasteiger partial charge in [0.2, 0.25) is 5.91 Å². The number of rotatable bonds is 7. The smallest absolute Gasteiger partial charge is 0.225 e. The maximum absolute atomic E-state index is 12.4. The van der Waals surface area contributed by atoms with Crippen molar-refractivity contribution in [3.05, 3.63) is 24.3 Å². The normalized spacial score (nSPS) is 19.0. The number of anilines is 1. The molecule has 3 nitrogen and oxygen atoms in total. The standard InChI is InChI=1S/C19H28N2OS/c1-23-18-10-6-5-9-17(18)20-19(22)13-14-21(16-11-12-16)15-7-3-2-4-8-15/h5-6,9-10,15-16H,2-4,7-8,11-14H2,1H3,(H,20,22). The third-order valence-electron chi connectivity index (χ3n) is 5.04. The molecule has 0 saturated heterocycles. The number of thioether (sulfide) groups is 1. The second-order valence-corrected chi connectivity index (χ2v) is 7.61. The summed E-state index contributed by atoms with van der Waals surface area (Å²) in [7, 11) is 0. The Bertz CT molecular complexity index is 524. The number of hydrogen-bond donors (Lipinski definition) is 1. The van der Waals surface area contributed by atoms with E-state index in [1.807, 2.05) is 24.5 Å². The Morgan fingerprint density at radius 1 is 1.13 bits per heavy atom. The van der Waals surface area contributed by atoms with Crippen LogP contribution in [0.2, 0.25) is 0 Å². The summed E-state index contributed by atoms with van der Waals surface area (Å²) < 4.78 is 0. The average molecular weight is 333 g/mol. The lowest BCUT2D eigenvalue weighted by molar-refractivity contribution is -0.116. The number of nitrogens with zero attached hydrogens (tertiary/aromatic N) is 1. The number of para-hydroxylation sites is 1. The van der Waals surface area contributed by atoms with Gasteiger partial charge in [0.1, 0.15) is 0 Å². The fourth-order valence-corrected chi connectivity index (χ4v) is 4.23. The highest BCUT2D eigenvalue weighted by Gasteiger charge is 2.34. The van der Waals surface area contributed by atoms with Crippen molar-refractivity contribution in [2.75, 3.05) is 18.1 Å². The van der Waals surface area contributed by atoms with Crippen LogP contribution in [0.3, 0.4) is 0 Å². The lowest BCUT2D eigenvalue weighted by Crippen LogP contribution is -2.40. The third kappa shape index (κ3) is 4.74. The summed E-state index contributed by atoms with van der Waals surface area (Å²) in [5, 5.41) is 3.09. The van der Waals surface area contributed by atoms with Crippen LogP contribution in [0.1, 0.15) is 51.4 Å². The maximum Gasteiger partial charge on any atom is 0.225 e. The van der Waals surface area contributed by atoms with Crippen molar-refractivity contribution in [2.45, 2.75) is 68.3 Å². The molecule has 1 aromatic carbocycles. The molecule has 3 rings (SSSR count). The van der Waals surface area contributed by atoms with Crippen molar-refractivity contribution >= 4 is 23.4 Å². The molecular weight excluding hydrogens is 304 g/mol. The summed E-state index contributed by atoms with van der Waals surface area (Å²) in [5.74, 6) is 0.146. The molecule has 4 heteroatoms. The Labute approximate surface area is 144 Å². The number of amides is 1. The van der Waals surface area contributed by atoms with Crippen molar-refractivity contribution < 1.29 is 4.79 Å². The van der Waals surface area contributed by atoms with Crippen LogP contribution in [0, 0.1) is 0 Å². The predicted molar refractivity (Wildman–Crippen MR) is 98.1 cm³/mol. The predicted octanol–water partition coefficient (Wildman–Crippen LogP) is 4.53. The fourth-order valence-electron chi connectivity index (χ4n) is 3.67. The van der Waals surface area contributed by atoms with E-state index in [1.165, 1.54) is 44.9 Å². The second kappa shape index (κ2) is 8.20. The van der Waals surface area contributed by atoms with Crippen LogP contribution in [0.5, 0.6) is 0 Å². The number of nitrogens with one attached hydrogen (secondary N) is 1. The van der Waals surface area contributed by atoms with Crippen LogP contribution in [-0.2, 0) is 4.79 Å². The fraction of sp³-hybridized carbons (Fsp3) is 0.632. The summed E-state index contributed by atoms with van der Waals surface area (Å²) in [5.41, 5.74) is 0.945. The van der Waals surface area contributed by atoms with E-state index in [0.717, 1.165) is 29.2 Å². The molecule has 2 aliphatic carbocycles. The zero-order chi connectivity index (χ0) is 16.1. The molecule has 0 bridgehead atoms. The minimum Gasteiger partial charge on any atom is -0.325 e. The van der Waals surface area contributed by atoms with Crippen molar-refractivity contribution in [2.24, 2.45) is 0 Å². The SMILES string of the molecule is CSc1ccccc1NC(=O)CCN(C1CCCCC1)C1CC1. The topological polar surface area (TPSA) is 32.3 Å². The summed E-state index contributed by atoms with van der Waals surface area (Å²) >= 11 is 1.67. The quantitative estimate of drug-likeness (QED) is 0.744. The van der Waals surface area contributed by atoms with E-state index in [-0.39, 0.29) is 5.91 Å². The lowest BCUT2D eigenvalue weighted by Gasteiger charge is -2.34. The molecule has 0 aromatic heterocycles. The Morgan fingerprint density at radius 3 is 2.52 bits per heavy atom. The Hall–Kier alpha value is -1.00. The Kier molecular flexibility index (Phi) is 6.01. The van der Waals surface area contributed by atoms with Gasteiger partial charge in [0.15, 0.2) is 0 Å². The lowest BCUT2D eigenvalue weighted by atomic mass is 9.94. The van der Waals surface area contributed by atoms with E-state index < -0.39 is 0 Å². The molecule has 2 saturated carbocycles. The summed E-state index contributed by atoms with van der Waals surface area (Å²) in [6, 6.07) is 9.52. The molecule has 1 aromatic rings. The largest absolute Gasteiger partial charge is 0.325 e. The monoisotopic (exact) mass is 332 g/mol. The minimum absolute atomic E-state index is 0.146. The van der Waals surface area contributed by atoms with Crippen LogP contribution < -0.4 is 5.32 Å². The van der Waals surface area contributed by atoms with Gasteiger partial charge in [-0.25, -0.2) is 0 Å². The number of benzene rings is 1. The van der Waals surface area contributed by atoms with Crippen molar-refractivity contribution in [3.63, 3.8) is 0 Å². The van der Waals surface area contributed by atoms with Gasteiger partial charge in [0, 0.05) is 29.9 Å². The molecule has 2 aliphatic rings. The van der Waals surface area contributed by atoms with Crippen LogP contribution in [0.25, 0.3) is 0 Å². The van der Waals surface area contributed by atoms with Crippen LogP contribution >= 0.6 is 11.8 Å². The van der Waals surface area contributed by atoms with Crippen LogP contribution in [-0.4, -0.2) is 35.7 Å². The molecule has 0 aliphatic heterocycles. The van der Waals surface area contributed by atoms with E-state index in [9.17, 15) is 4.79 Å². The molecule has 1 amide bonds. The van der Waals surface area contributed by atoms with Gasteiger partial charge < -0.3 is 5.32 Å². The third-order valence-corrected chi connectivity index (χ3v) is 5.83. The van der Waals surface area contributed by atoms with E-state index in [2.05, 4.69) is 16.3 Å². The van der Waals surface area contributed by atoms with Gasteiger partial charge in [-0.15, -0.1) is 11.8 Å². The van der Waals surface area contributed by atoms with Gasteiger partial charge in [0.25, 0.3) is 0 Å². The van der Waals surface area contributed by atoms with Crippen molar-refractivity contribution in [1.82, 2.24) is 4.90 Å². The maximum atomic E-state index is 12.4. The summed E-state index contributed by atoms with van der Waals surface area (Å²) in [4.78, 5) is 16.1. The Morgan fingerprint density at radius 2 is 1.83 bits per heavy atom. The van der Waals surface area contributed by atoms with Crippen molar-refractivity contribution in [1.29, 1.82) is 0 Å². The van der Waals surface area contributed by atoms with Crippen LogP contribution in [0.4, 0.5) is 5.69 Å². The van der Waals surface area contributed by atoms with E-state index in [0.29, 0.717) is 6.42 Å². The van der Waals surface area contributed by atoms with Gasteiger partial charge in [-0.2, -0.15) is 0 Å². The molecule has 23 heavy (non-hydrogen) atoms. The summed E-state index contributed by atoms with van der Waals surface area (Å²) in [6.45, 7) is 0.919. The number of hydrogen-bond acceptors (Lipinski definition) is 3. The van der Waals surface area contributed by atoms with Gasteiger partial charge in [-0.3, -0.25) is 9.69 Å². The first-order valence-electron chi connectivity index (χ1n) is 8.96. The first kappa shape index (κ1) is 16.8. The number of carbonyl (C=O) groups excluding carboxylic acids is 1. The van der Waals surface area contributed by atoms with E-state index in [1.54, 1.807) is 11.8 Å². The molecule has 0 radical (unpaired) electrons. The van der Waals surface area contributed by atoms with E-state index in [4.69, 9.17) is 0 Å². The zero-order valence-corrected chi connectivity index (χ0v) is 14.9. The zero-order valence-electron chi connectivity index (χ0n) is 14.1. The highest BCUT2D eigenvalue weighted by Crippen LogP contribution is 2.33. The second-order valence-electron chi connectivity index (χ2n) is 6.76. The van der Waals surface area contributed by atoms with Crippen molar-refractivity contribution in [3.8, 4) is 0 Å². The first-order chi connectivity index (χ1) is 11.3. The first-order valence-corrected chi connectivity index (χ1v) is 10.2. The molecule has 0 unspecified atom stereocenters. The van der Waals surface area contributed by atoms with E-state index >= 15 is 0 Å². The highest BCUT2D eigenvalue weighted by molar-refractivity contribution is 7.98. The molecule has 126 valence electrons. The van der Waals surface area contributed by atoms with Gasteiger partial charge >= 0.3 is 0 Å². The highest BCUT2D eigenvalue weighted by atomic mass is 32.2. The molecule has 0 atom stereocenters. The minimum atomic E-state index is 0.146. The molecular formula is C19H28N2OS. The van der Waals surface area contributed by atoms with Gasteiger partial charge in [-0.05, 0) is 44.1 Å². The molecule has 1 N–H and O–H groups in total. The van der Waals surface area contributed by atoms with Gasteiger partial charge in [-0.1, -0.05) is 31.4 Å². The molecule has 0 heterocycles. The number of carbonyl (C=O) groups is 1.